The molecule has 0 unspecified atom stereocenters. The molecule has 0 radical (unpaired) electrons. The average Bonchev–Trinajstić information content (AvgIpc) is 2.48. The minimum absolute atomic E-state index is 0.0959. The lowest BCUT2D eigenvalue weighted by atomic mass is 10.0. The summed E-state index contributed by atoms with van der Waals surface area (Å²) in [4.78, 5) is 30.8. The van der Waals surface area contributed by atoms with E-state index in [2.05, 4.69) is 4.98 Å². The summed E-state index contributed by atoms with van der Waals surface area (Å²) in [5.74, 6) is 0. The van der Waals surface area contributed by atoms with Crippen LogP contribution in [0.4, 0.5) is 10.5 Å². The van der Waals surface area contributed by atoms with Gasteiger partial charge >= 0.3 is 6.09 Å². The maximum Gasteiger partial charge on any atom is 0.410 e. The number of carbonyl (C=O) groups is 2. The van der Waals surface area contributed by atoms with Crippen molar-refractivity contribution >= 4 is 18.2 Å². The Hall–Kier alpha value is -2.11. The molecule has 0 bridgehead atoms. The van der Waals surface area contributed by atoms with E-state index in [0.29, 0.717) is 13.1 Å². The van der Waals surface area contributed by atoms with E-state index < -0.39 is 5.60 Å². The molecule has 0 aliphatic carbocycles. The van der Waals surface area contributed by atoms with E-state index in [0.717, 1.165) is 24.9 Å². The number of amides is 2. The molecule has 0 N–H and O–H groups in total. The molecular weight excluding hydrogens is 282 g/mol. The summed E-state index contributed by atoms with van der Waals surface area (Å²) in [6, 6.07) is 3.72. The summed E-state index contributed by atoms with van der Waals surface area (Å²) in [5, 5.41) is 0. The third-order valence-electron chi connectivity index (χ3n) is 3.58. The zero-order chi connectivity index (χ0) is 16.2. The highest BCUT2D eigenvalue weighted by Gasteiger charge is 2.29. The molecule has 0 spiro atoms. The van der Waals surface area contributed by atoms with Gasteiger partial charge in [0.25, 0.3) is 0 Å². The predicted octanol–water partition coefficient (Wildman–Crippen LogP) is 2.44. The quantitative estimate of drug-likeness (QED) is 0.805. The summed E-state index contributed by atoms with van der Waals surface area (Å²) in [6.07, 6.45) is 5.38. The highest BCUT2D eigenvalue weighted by Crippen LogP contribution is 2.22. The molecule has 1 fully saturated rings. The molecule has 120 valence electrons. The Bertz CT molecular complexity index is 505. The Morgan fingerprint density at radius 3 is 2.41 bits per heavy atom. The Labute approximate surface area is 131 Å². The molecule has 0 saturated carbocycles. The lowest BCUT2D eigenvalue weighted by molar-refractivity contribution is -0.108. The van der Waals surface area contributed by atoms with Crippen molar-refractivity contribution in [2.24, 2.45) is 0 Å². The van der Waals surface area contributed by atoms with Gasteiger partial charge in [-0.2, -0.15) is 0 Å². The van der Waals surface area contributed by atoms with Gasteiger partial charge in [0.15, 0.2) is 0 Å². The number of aromatic nitrogens is 1. The van der Waals surface area contributed by atoms with Crippen molar-refractivity contribution in [3.8, 4) is 0 Å². The van der Waals surface area contributed by atoms with Crippen molar-refractivity contribution in [2.75, 3.05) is 18.0 Å². The van der Waals surface area contributed by atoms with E-state index in [1.54, 1.807) is 22.2 Å². The van der Waals surface area contributed by atoms with E-state index in [1.807, 2.05) is 32.9 Å². The second kappa shape index (κ2) is 6.77. The molecule has 0 aromatic carbocycles. The van der Waals surface area contributed by atoms with Crippen molar-refractivity contribution in [3.63, 3.8) is 0 Å². The molecule has 2 heterocycles. The zero-order valence-corrected chi connectivity index (χ0v) is 13.4. The topological polar surface area (TPSA) is 62.7 Å². The third kappa shape index (κ3) is 4.19. The normalized spacial score (nSPS) is 16.2. The Balaban J connectivity index is 1.94. The fraction of sp³-hybridized carbons (Fsp3) is 0.562. The molecule has 6 heteroatoms. The molecule has 1 saturated heterocycles. The zero-order valence-electron chi connectivity index (χ0n) is 13.4. The maximum atomic E-state index is 12.0. The van der Waals surface area contributed by atoms with Crippen LogP contribution in [0.15, 0.2) is 24.5 Å². The predicted molar refractivity (Wildman–Crippen MR) is 83.6 cm³/mol. The molecule has 22 heavy (non-hydrogen) atoms. The molecule has 1 aliphatic heterocycles. The van der Waals surface area contributed by atoms with Gasteiger partial charge in [-0.05, 0) is 45.7 Å². The van der Waals surface area contributed by atoms with Gasteiger partial charge in [0.2, 0.25) is 6.41 Å². The van der Waals surface area contributed by atoms with Crippen molar-refractivity contribution in [1.82, 2.24) is 9.88 Å². The van der Waals surface area contributed by atoms with E-state index in [9.17, 15) is 9.59 Å². The van der Waals surface area contributed by atoms with Gasteiger partial charge in [-0.15, -0.1) is 0 Å². The van der Waals surface area contributed by atoms with Gasteiger partial charge in [0, 0.05) is 37.2 Å². The van der Waals surface area contributed by atoms with Crippen molar-refractivity contribution in [3.05, 3.63) is 24.5 Å². The average molecular weight is 305 g/mol. The molecule has 0 atom stereocenters. The van der Waals surface area contributed by atoms with Gasteiger partial charge < -0.3 is 14.5 Å². The SMILES string of the molecule is CC(C)(C)OC(=O)N1CCC(N(C=O)c2ccncc2)CC1. The Morgan fingerprint density at radius 2 is 1.91 bits per heavy atom. The number of rotatable bonds is 3. The number of carbonyl (C=O) groups excluding carboxylic acids is 2. The number of piperidine rings is 1. The lowest BCUT2D eigenvalue weighted by Crippen LogP contribution is -2.47. The number of nitrogens with zero attached hydrogens (tertiary/aromatic N) is 3. The van der Waals surface area contributed by atoms with Crippen LogP contribution in [0, 0.1) is 0 Å². The standard InChI is InChI=1S/C16H23N3O3/c1-16(2,3)22-15(21)18-10-6-14(7-11-18)19(12-20)13-4-8-17-9-5-13/h4-5,8-9,12,14H,6-7,10-11H2,1-3H3. The number of hydrogen-bond donors (Lipinski definition) is 0. The fourth-order valence-corrected chi connectivity index (χ4v) is 2.53. The van der Waals surface area contributed by atoms with Crippen molar-refractivity contribution < 1.29 is 14.3 Å². The summed E-state index contributed by atoms with van der Waals surface area (Å²) in [5.41, 5.74) is 0.348. The number of pyridine rings is 1. The molecule has 1 aromatic rings. The first-order valence-electron chi connectivity index (χ1n) is 7.52. The molecule has 1 aromatic heterocycles. The first kappa shape index (κ1) is 16.3. The number of ether oxygens (including phenoxy) is 1. The van der Waals surface area contributed by atoms with Crippen LogP contribution in [0.3, 0.4) is 0 Å². The van der Waals surface area contributed by atoms with Crippen LogP contribution in [0.25, 0.3) is 0 Å². The van der Waals surface area contributed by atoms with E-state index >= 15 is 0 Å². The summed E-state index contributed by atoms with van der Waals surface area (Å²) in [7, 11) is 0. The van der Waals surface area contributed by atoms with Crippen molar-refractivity contribution in [2.45, 2.75) is 45.3 Å². The van der Waals surface area contributed by atoms with Crippen LogP contribution in [-0.4, -0.2) is 47.1 Å². The molecule has 6 nitrogen and oxygen atoms in total. The van der Waals surface area contributed by atoms with E-state index in [4.69, 9.17) is 4.74 Å². The summed E-state index contributed by atoms with van der Waals surface area (Å²) in [6.45, 7) is 6.75. The van der Waals surface area contributed by atoms with Crippen LogP contribution in [0.2, 0.25) is 0 Å². The first-order valence-corrected chi connectivity index (χ1v) is 7.52. The van der Waals surface area contributed by atoms with Gasteiger partial charge in [-0.25, -0.2) is 4.79 Å². The van der Waals surface area contributed by atoms with Crippen LogP contribution < -0.4 is 4.90 Å². The number of likely N-dealkylation sites (tertiary alicyclic amines) is 1. The largest absolute Gasteiger partial charge is 0.444 e. The van der Waals surface area contributed by atoms with Gasteiger partial charge in [0.05, 0.1) is 0 Å². The summed E-state index contributed by atoms with van der Waals surface area (Å²) < 4.78 is 5.38. The monoisotopic (exact) mass is 305 g/mol. The molecular formula is C16H23N3O3. The van der Waals surface area contributed by atoms with Crippen LogP contribution in [0.5, 0.6) is 0 Å². The molecule has 2 amide bonds. The first-order chi connectivity index (χ1) is 10.4. The third-order valence-corrected chi connectivity index (χ3v) is 3.58. The smallest absolute Gasteiger partial charge is 0.410 e. The lowest BCUT2D eigenvalue weighted by Gasteiger charge is -2.37. The fourth-order valence-electron chi connectivity index (χ4n) is 2.53. The van der Waals surface area contributed by atoms with Crippen LogP contribution in [-0.2, 0) is 9.53 Å². The second-order valence-corrected chi connectivity index (χ2v) is 6.42. The van der Waals surface area contributed by atoms with E-state index in [1.165, 1.54) is 0 Å². The minimum Gasteiger partial charge on any atom is -0.444 e. The Morgan fingerprint density at radius 1 is 1.32 bits per heavy atom. The summed E-state index contributed by atoms with van der Waals surface area (Å²) >= 11 is 0. The second-order valence-electron chi connectivity index (χ2n) is 6.42. The highest BCUT2D eigenvalue weighted by molar-refractivity contribution is 5.76. The maximum absolute atomic E-state index is 12.0. The van der Waals surface area contributed by atoms with Crippen molar-refractivity contribution in [1.29, 1.82) is 0 Å². The van der Waals surface area contributed by atoms with Gasteiger partial charge in [0.1, 0.15) is 5.60 Å². The highest BCUT2D eigenvalue weighted by atomic mass is 16.6. The minimum atomic E-state index is -0.486. The van der Waals surface area contributed by atoms with Crippen LogP contribution in [0.1, 0.15) is 33.6 Å². The number of anilines is 1. The van der Waals surface area contributed by atoms with Crippen LogP contribution >= 0.6 is 0 Å². The molecule has 2 rings (SSSR count). The van der Waals surface area contributed by atoms with Gasteiger partial charge in [-0.1, -0.05) is 0 Å². The number of hydrogen-bond acceptors (Lipinski definition) is 4. The Kier molecular flexibility index (Phi) is 5.00. The van der Waals surface area contributed by atoms with E-state index in [-0.39, 0.29) is 12.1 Å². The van der Waals surface area contributed by atoms with Gasteiger partial charge in [-0.3, -0.25) is 9.78 Å². The molecule has 1 aliphatic rings.